The Bertz CT molecular complexity index is 470. The Morgan fingerprint density at radius 3 is 2.81 bits per heavy atom. The summed E-state index contributed by atoms with van der Waals surface area (Å²) in [7, 11) is 0. The summed E-state index contributed by atoms with van der Waals surface area (Å²) in [6, 6.07) is 6.80. The van der Waals surface area contributed by atoms with Gasteiger partial charge in [0.1, 0.15) is 5.82 Å². The zero-order valence-electron chi connectivity index (χ0n) is 8.29. The van der Waals surface area contributed by atoms with Crippen LogP contribution >= 0.6 is 45.5 Å². The minimum Gasteiger partial charge on any atom is -0.207 e. The summed E-state index contributed by atoms with van der Waals surface area (Å²) in [5.41, 5.74) is 2.22. The van der Waals surface area contributed by atoms with Crippen LogP contribution in [0.2, 0.25) is 0 Å². The van der Waals surface area contributed by atoms with Gasteiger partial charge in [0.15, 0.2) is 0 Å². The molecule has 0 nitrogen and oxygen atoms in total. The van der Waals surface area contributed by atoms with Crippen molar-refractivity contribution in [2.24, 2.45) is 0 Å². The number of thiophene rings is 1. The molecule has 4 heteroatoms. The summed E-state index contributed by atoms with van der Waals surface area (Å²) in [6.45, 7) is 0. The lowest BCUT2D eigenvalue weighted by molar-refractivity contribution is 0.625. The maximum absolute atomic E-state index is 12.9. The summed E-state index contributed by atoms with van der Waals surface area (Å²) in [5.74, 6) is -0.215. The second kappa shape index (κ2) is 5.47. The molecule has 0 saturated carbocycles. The second-order valence-corrected chi connectivity index (χ2v) is 5.94. The first-order valence-electron chi connectivity index (χ1n) is 4.77. The van der Waals surface area contributed by atoms with Gasteiger partial charge < -0.3 is 0 Å². The van der Waals surface area contributed by atoms with E-state index in [0.717, 1.165) is 15.6 Å². The van der Waals surface area contributed by atoms with E-state index in [1.807, 2.05) is 5.38 Å². The standard InChI is InChI=1S/C12H9ClFIS/c13-11(5-8-3-4-16-7-8)10-2-1-9(14)6-12(10)15/h1-4,6-7,11H,5H2. The van der Waals surface area contributed by atoms with Gasteiger partial charge in [-0.25, -0.2) is 4.39 Å². The maximum atomic E-state index is 12.9. The number of rotatable bonds is 3. The van der Waals surface area contributed by atoms with E-state index in [-0.39, 0.29) is 11.2 Å². The van der Waals surface area contributed by atoms with Gasteiger partial charge in [-0.2, -0.15) is 11.3 Å². The SMILES string of the molecule is Fc1ccc(C(Cl)Cc2ccsc2)c(I)c1. The molecular weight excluding hydrogens is 358 g/mol. The molecule has 0 spiro atoms. The molecule has 2 aromatic rings. The van der Waals surface area contributed by atoms with E-state index in [1.165, 1.54) is 17.7 Å². The van der Waals surface area contributed by atoms with Crippen LogP contribution in [0.1, 0.15) is 16.5 Å². The van der Waals surface area contributed by atoms with Crippen molar-refractivity contribution in [3.63, 3.8) is 0 Å². The molecule has 0 N–H and O–H groups in total. The molecule has 0 amide bonds. The van der Waals surface area contributed by atoms with E-state index in [1.54, 1.807) is 17.4 Å². The van der Waals surface area contributed by atoms with Crippen LogP contribution in [-0.2, 0) is 6.42 Å². The highest BCUT2D eigenvalue weighted by Crippen LogP contribution is 2.29. The van der Waals surface area contributed by atoms with Crippen molar-refractivity contribution in [3.8, 4) is 0 Å². The molecule has 0 saturated heterocycles. The molecule has 1 atom stereocenters. The average Bonchev–Trinajstić information content (AvgIpc) is 2.70. The van der Waals surface area contributed by atoms with Gasteiger partial charge in [-0.05, 0) is 69.1 Å². The Kier molecular flexibility index (Phi) is 4.21. The van der Waals surface area contributed by atoms with Crippen molar-refractivity contribution in [3.05, 3.63) is 55.5 Å². The fourth-order valence-electron chi connectivity index (χ4n) is 1.48. The van der Waals surface area contributed by atoms with Crippen LogP contribution < -0.4 is 0 Å². The molecule has 2 rings (SSSR count). The number of alkyl halides is 1. The normalized spacial score (nSPS) is 12.7. The van der Waals surface area contributed by atoms with E-state index < -0.39 is 0 Å². The Morgan fingerprint density at radius 2 is 2.19 bits per heavy atom. The highest BCUT2D eigenvalue weighted by molar-refractivity contribution is 14.1. The lowest BCUT2D eigenvalue weighted by Crippen LogP contribution is -1.98. The number of hydrogen-bond donors (Lipinski definition) is 0. The van der Waals surface area contributed by atoms with Gasteiger partial charge in [-0.15, -0.1) is 11.6 Å². The molecule has 84 valence electrons. The van der Waals surface area contributed by atoms with Gasteiger partial charge in [-0.3, -0.25) is 0 Å². The van der Waals surface area contributed by atoms with Crippen molar-refractivity contribution in [2.45, 2.75) is 11.8 Å². The molecule has 16 heavy (non-hydrogen) atoms. The summed E-state index contributed by atoms with van der Waals surface area (Å²) >= 11 is 10.1. The molecule has 0 aliphatic rings. The number of halogens is 3. The molecule has 1 heterocycles. The largest absolute Gasteiger partial charge is 0.207 e. The van der Waals surface area contributed by atoms with E-state index in [0.29, 0.717) is 0 Å². The third-order valence-electron chi connectivity index (χ3n) is 2.29. The molecule has 0 aliphatic heterocycles. The average molecular weight is 367 g/mol. The zero-order chi connectivity index (χ0) is 11.5. The van der Waals surface area contributed by atoms with Crippen LogP contribution in [-0.4, -0.2) is 0 Å². The van der Waals surface area contributed by atoms with Crippen molar-refractivity contribution in [1.29, 1.82) is 0 Å². The summed E-state index contributed by atoms with van der Waals surface area (Å²) in [4.78, 5) is 0. The molecule has 0 aliphatic carbocycles. The van der Waals surface area contributed by atoms with Gasteiger partial charge in [0, 0.05) is 3.57 Å². The quantitative estimate of drug-likeness (QED) is 0.529. The predicted molar refractivity (Wildman–Crippen MR) is 75.7 cm³/mol. The molecule has 1 aromatic heterocycles. The van der Waals surface area contributed by atoms with Crippen molar-refractivity contribution in [2.75, 3.05) is 0 Å². The van der Waals surface area contributed by atoms with Crippen LogP contribution in [0.3, 0.4) is 0 Å². The molecule has 1 unspecified atom stereocenters. The lowest BCUT2D eigenvalue weighted by Gasteiger charge is -2.11. The van der Waals surface area contributed by atoms with Gasteiger partial charge in [0.05, 0.1) is 5.38 Å². The highest BCUT2D eigenvalue weighted by atomic mass is 127. The van der Waals surface area contributed by atoms with E-state index in [9.17, 15) is 4.39 Å². The second-order valence-electron chi connectivity index (χ2n) is 3.47. The first-order chi connectivity index (χ1) is 7.66. The molecule has 0 fully saturated rings. The number of hydrogen-bond acceptors (Lipinski definition) is 1. The van der Waals surface area contributed by atoms with Gasteiger partial charge >= 0.3 is 0 Å². The fourth-order valence-corrected chi connectivity index (χ4v) is 3.57. The molecule has 1 aromatic carbocycles. The Labute approximate surface area is 117 Å². The van der Waals surface area contributed by atoms with E-state index in [2.05, 4.69) is 34.0 Å². The van der Waals surface area contributed by atoms with Crippen LogP contribution in [0.5, 0.6) is 0 Å². The maximum Gasteiger partial charge on any atom is 0.124 e. The molecular formula is C12H9ClFIS. The van der Waals surface area contributed by atoms with E-state index in [4.69, 9.17) is 11.6 Å². The Balaban J connectivity index is 2.17. The minimum atomic E-state index is -0.215. The van der Waals surface area contributed by atoms with Crippen LogP contribution in [0.25, 0.3) is 0 Å². The van der Waals surface area contributed by atoms with Crippen molar-refractivity contribution < 1.29 is 4.39 Å². The van der Waals surface area contributed by atoms with Crippen molar-refractivity contribution in [1.82, 2.24) is 0 Å². The first-order valence-corrected chi connectivity index (χ1v) is 7.22. The third-order valence-corrected chi connectivity index (χ3v) is 4.35. The monoisotopic (exact) mass is 366 g/mol. The van der Waals surface area contributed by atoms with Crippen molar-refractivity contribution >= 4 is 45.5 Å². The smallest absolute Gasteiger partial charge is 0.124 e. The fraction of sp³-hybridized carbons (Fsp3) is 0.167. The summed E-state index contributed by atoms with van der Waals surface area (Å²) < 4.78 is 13.8. The minimum absolute atomic E-state index is 0.0953. The predicted octanol–water partition coefficient (Wildman–Crippen LogP) is 5.01. The van der Waals surface area contributed by atoms with Gasteiger partial charge in [0.25, 0.3) is 0 Å². The van der Waals surface area contributed by atoms with E-state index >= 15 is 0 Å². The Morgan fingerprint density at radius 1 is 1.38 bits per heavy atom. The summed E-state index contributed by atoms with van der Waals surface area (Å²) in [6.07, 6.45) is 0.784. The zero-order valence-corrected chi connectivity index (χ0v) is 12.0. The highest BCUT2D eigenvalue weighted by Gasteiger charge is 2.13. The first kappa shape index (κ1) is 12.3. The lowest BCUT2D eigenvalue weighted by atomic mass is 10.1. The van der Waals surface area contributed by atoms with Crippen LogP contribution in [0, 0.1) is 9.39 Å². The Hall–Kier alpha value is -0.130. The third kappa shape index (κ3) is 2.96. The van der Waals surface area contributed by atoms with Gasteiger partial charge in [0.2, 0.25) is 0 Å². The summed E-state index contributed by atoms with van der Waals surface area (Å²) in [5, 5.41) is 4.03. The molecule has 0 radical (unpaired) electrons. The van der Waals surface area contributed by atoms with Crippen LogP contribution in [0.4, 0.5) is 4.39 Å². The topological polar surface area (TPSA) is 0 Å². The van der Waals surface area contributed by atoms with Crippen LogP contribution in [0.15, 0.2) is 35.0 Å². The molecule has 0 bridgehead atoms. The van der Waals surface area contributed by atoms with Gasteiger partial charge in [-0.1, -0.05) is 6.07 Å². The number of benzene rings is 1.